The smallest absolute Gasteiger partial charge is 0.241 e. The maximum absolute atomic E-state index is 5.73. The first-order valence-electron chi connectivity index (χ1n) is 6.41. The molecule has 3 heterocycles. The van der Waals surface area contributed by atoms with Gasteiger partial charge < -0.3 is 11.1 Å². The van der Waals surface area contributed by atoms with E-state index in [4.69, 9.17) is 5.73 Å². The number of nitrogens with two attached hydrogens (primary N) is 1. The maximum Gasteiger partial charge on any atom is 0.241 e. The van der Waals surface area contributed by atoms with Gasteiger partial charge in [-0.1, -0.05) is 0 Å². The van der Waals surface area contributed by atoms with E-state index in [1.807, 2.05) is 0 Å². The molecule has 3 aromatic rings. The Kier molecular flexibility index (Phi) is 3.53. The Hall–Kier alpha value is -2.48. The average Bonchev–Trinajstić information content (AvgIpc) is 3.07. The summed E-state index contributed by atoms with van der Waals surface area (Å²) >= 11 is 1.76. The molecule has 3 N–H and O–H groups in total. The maximum atomic E-state index is 5.73. The van der Waals surface area contributed by atoms with Crippen molar-refractivity contribution in [3.05, 3.63) is 40.1 Å². The zero-order chi connectivity index (χ0) is 14.8. The molecule has 0 amide bonds. The summed E-state index contributed by atoms with van der Waals surface area (Å²) in [5.74, 6) is 1.07. The molecule has 7 nitrogen and oxygen atoms in total. The number of nitrogens with one attached hydrogen (secondary N) is 1. The molecular weight excluding hydrogens is 286 g/mol. The largest absolute Gasteiger partial charge is 0.368 e. The second-order valence-corrected chi connectivity index (χ2v) is 5.93. The zero-order valence-electron chi connectivity index (χ0n) is 11.7. The van der Waals surface area contributed by atoms with E-state index >= 15 is 0 Å². The summed E-state index contributed by atoms with van der Waals surface area (Å²) in [6.07, 6.45) is 5.03. The Labute approximate surface area is 125 Å². The van der Waals surface area contributed by atoms with E-state index in [1.54, 1.807) is 34.6 Å². The molecule has 0 bridgehead atoms. The third kappa shape index (κ3) is 3.00. The average molecular weight is 301 g/mol. The van der Waals surface area contributed by atoms with Crippen LogP contribution in [-0.2, 0) is 6.54 Å². The molecule has 3 rings (SSSR count). The summed E-state index contributed by atoms with van der Waals surface area (Å²) in [7, 11) is 0. The quantitative estimate of drug-likeness (QED) is 0.764. The Morgan fingerprint density at radius 3 is 2.81 bits per heavy atom. The van der Waals surface area contributed by atoms with Crippen molar-refractivity contribution >= 4 is 23.2 Å². The number of hydrogen-bond donors (Lipinski definition) is 2. The summed E-state index contributed by atoms with van der Waals surface area (Å²) in [5.41, 5.74) is 7.03. The molecule has 0 aliphatic carbocycles. The lowest BCUT2D eigenvalue weighted by Crippen LogP contribution is -2.10. The van der Waals surface area contributed by atoms with Gasteiger partial charge in [0, 0.05) is 22.1 Å². The molecule has 3 aromatic heterocycles. The van der Waals surface area contributed by atoms with Crippen molar-refractivity contribution in [3.8, 4) is 5.95 Å². The van der Waals surface area contributed by atoms with Gasteiger partial charge in [-0.15, -0.1) is 11.3 Å². The molecule has 0 aliphatic rings. The molecule has 0 unspecified atom stereocenters. The molecule has 0 atom stereocenters. The fourth-order valence-corrected chi connectivity index (χ4v) is 2.85. The van der Waals surface area contributed by atoms with Gasteiger partial charge in [-0.25, -0.2) is 4.98 Å². The highest BCUT2D eigenvalue weighted by Gasteiger charge is 2.07. The number of aromatic nitrogens is 5. The Morgan fingerprint density at radius 1 is 1.29 bits per heavy atom. The number of hydrogen-bond acceptors (Lipinski definition) is 7. The summed E-state index contributed by atoms with van der Waals surface area (Å²) < 4.78 is 1.68. The minimum Gasteiger partial charge on any atom is -0.368 e. The Morgan fingerprint density at radius 2 is 2.14 bits per heavy atom. The first kappa shape index (κ1) is 13.5. The van der Waals surface area contributed by atoms with Crippen molar-refractivity contribution in [1.29, 1.82) is 0 Å². The highest BCUT2D eigenvalue weighted by atomic mass is 32.1. The van der Waals surface area contributed by atoms with E-state index in [1.165, 1.54) is 15.3 Å². The molecule has 0 radical (unpaired) electrons. The van der Waals surface area contributed by atoms with E-state index in [2.05, 4.69) is 45.2 Å². The molecule has 0 aliphatic heterocycles. The van der Waals surface area contributed by atoms with Crippen molar-refractivity contribution < 1.29 is 0 Å². The molecule has 8 heteroatoms. The Balaban J connectivity index is 1.79. The van der Waals surface area contributed by atoms with Gasteiger partial charge in [0.25, 0.3) is 0 Å². The second-order valence-electron chi connectivity index (χ2n) is 4.59. The Bertz CT molecular complexity index is 728. The number of rotatable bonds is 4. The SMILES string of the molecule is Cc1cc(CNc2nc(N)nc(-n3ccnc3)n2)sc1C. The summed E-state index contributed by atoms with van der Waals surface area (Å²) in [5, 5.41) is 3.18. The lowest BCUT2D eigenvalue weighted by molar-refractivity contribution is 0.897. The molecule has 0 saturated carbocycles. The van der Waals surface area contributed by atoms with Gasteiger partial charge in [0.2, 0.25) is 17.8 Å². The summed E-state index contributed by atoms with van der Waals surface area (Å²) in [4.78, 5) is 19.0. The third-order valence-electron chi connectivity index (χ3n) is 3.01. The molecule has 108 valence electrons. The lowest BCUT2D eigenvalue weighted by Gasteiger charge is -2.06. The van der Waals surface area contributed by atoms with Crippen molar-refractivity contribution in [3.63, 3.8) is 0 Å². The van der Waals surface area contributed by atoms with Crippen molar-refractivity contribution in [1.82, 2.24) is 24.5 Å². The molecule has 21 heavy (non-hydrogen) atoms. The topological polar surface area (TPSA) is 94.5 Å². The monoisotopic (exact) mass is 301 g/mol. The molecule has 0 spiro atoms. The predicted octanol–water partition coefficient (Wildman–Crippen LogP) is 1.93. The minimum atomic E-state index is 0.176. The fraction of sp³-hybridized carbons (Fsp3) is 0.231. The number of nitrogen functional groups attached to an aromatic ring is 1. The van der Waals surface area contributed by atoms with E-state index < -0.39 is 0 Å². The van der Waals surface area contributed by atoms with Gasteiger partial charge in [-0.05, 0) is 25.5 Å². The molecule has 0 aromatic carbocycles. The van der Waals surface area contributed by atoms with Gasteiger partial charge in [-0.2, -0.15) is 15.0 Å². The summed E-state index contributed by atoms with van der Waals surface area (Å²) in [6, 6.07) is 2.16. The van der Waals surface area contributed by atoms with E-state index in [0.29, 0.717) is 18.4 Å². The van der Waals surface area contributed by atoms with Crippen LogP contribution in [-0.4, -0.2) is 24.5 Å². The van der Waals surface area contributed by atoms with Crippen LogP contribution in [0.2, 0.25) is 0 Å². The van der Waals surface area contributed by atoms with Crippen LogP contribution in [0.4, 0.5) is 11.9 Å². The van der Waals surface area contributed by atoms with Gasteiger partial charge in [0.05, 0.1) is 6.54 Å². The van der Waals surface area contributed by atoms with E-state index in [9.17, 15) is 0 Å². The molecular formula is C13H15N7S. The van der Waals surface area contributed by atoms with E-state index in [0.717, 1.165) is 0 Å². The minimum absolute atomic E-state index is 0.176. The van der Waals surface area contributed by atoms with Crippen molar-refractivity contribution in [2.75, 3.05) is 11.1 Å². The van der Waals surface area contributed by atoms with Crippen LogP contribution in [0, 0.1) is 13.8 Å². The second kappa shape index (κ2) is 5.49. The van der Waals surface area contributed by atoms with Crippen LogP contribution >= 0.6 is 11.3 Å². The van der Waals surface area contributed by atoms with Gasteiger partial charge in [0.1, 0.15) is 6.33 Å². The van der Waals surface area contributed by atoms with Crippen LogP contribution in [0.25, 0.3) is 5.95 Å². The van der Waals surface area contributed by atoms with Crippen LogP contribution in [0.3, 0.4) is 0 Å². The standard InChI is InChI=1S/C13H15N7S/c1-8-5-10(21-9(8)2)6-16-12-17-11(14)18-13(19-12)20-4-3-15-7-20/h3-5,7H,6H2,1-2H3,(H3,14,16,17,18,19). The van der Waals surface area contributed by atoms with Gasteiger partial charge >= 0.3 is 0 Å². The van der Waals surface area contributed by atoms with Crippen molar-refractivity contribution in [2.24, 2.45) is 0 Å². The fourth-order valence-electron chi connectivity index (χ4n) is 1.86. The molecule has 0 saturated heterocycles. The third-order valence-corrected chi connectivity index (χ3v) is 4.17. The van der Waals surface area contributed by atoms with E-state index in [-0.39, 0.29) is 5.95 Å². The van der Waals surface area contributed by atoms with Crippen molar-refractivity contribution in [2.45, 2.75) is 20.4 Å². The number of thiophene rings is 1. The van der Waals surface area contributed by atoms with Gasteiger partial charge in [-0.3, -0.25) is 4.57 Å². The number of aryl methyl sites for hydroxylation is 2. The van der Waals surface area contributed by atoms with Crippen LogP contribution < -0.4 is 11.1 Å². The number of imidazole rings is 1. The summed E-state index contributed by atoms with van der Waals surface area (Å²) in [6.45, 7) is 4.88. The zero-order valence-corrected chi connectivity index (χ0v) is 12.6. The first-order valence-corrected chi connectivity index (χ1v) is 7.23. The molecule has 0 fully saturated rings. The highest BCUT2D eigenvalue weighted by Crippen LogP contribution is 2.21. The number of anilines is 2. The lowest BCUT2D eigenvalue weighted by atomic mass is 10.3. The van der Waals surface area contributed by atoms with Crippen LogP contribution in [0.5, 0.6) is 0 Å². The predicted molar refractivity (Wildman–Crippen MR) is 82.5 cm³/mol. The van der Waals surface area contributed by atoms with Crippen LogP contribution in [0.15, 0.2) is 24.8 Å². The number of nitrogens with zero attached hydrogens (tertiary/aromatic N) is 5. The van der Waals surface area contributed by atoms with Gasteiger partial charge in [0.15, 0.2) is 0 Å². The highest BCUT2D eigenvalue weighted by molar-refractivity contribution is 7.12. The van der Waals surface area contributed by atoms with Crippen LogP contribution in [0.1, 0.15) is 15.3 Å². The normalized spacial score (nSPS) is 10.8. The first-order chi connectivity index (χ1) is 10.1.